The van der Waals surface area contributed by atoms with Crippen molar-refractivity contribution in [2.24, 2.45) is 0 Å². The van der Waals surface area contributed by atoms with E-state index in [0.29, 0.717) is 19.0 Å². The third-order valence-corrected chi connectivity index (χ3v) is 4.35. The van der Waals surface area contributed by atoms with Crippen LogP contribution in [0, 0.1) is 0 Å². The van der Waals surface area contributed by atoms with Crippen LogP contribution < -0.4 is 5.32 Å². The molecular weight excluding hydrogens is 340 g/mol. The lowest BCUT2D eigenvalue weighted by Gasteiger charge is -2.04. The predicted molar refractivity (Wildman–Crippen MR) is 93.2 cm³/mol. The Kier molecular flexibility index (Phi) is 13.1. The van der Waals surface area contributed by atoms with Gasteiger partial charge >= 0.3 is 0 Å². The van der Waals surface area contributed by atoms with E-state index in [4.69, 9.17) is 9.79 Å². The second-order valence-electron chi connectivity index (χ2n) is 5.21. The molecule has 2 atom stereocenters. The minimum absolute atomic E-state index is 0.0451. The van der Waals surface area contributed by atoms with Crippen molar-refractivity contribution in [3.63, 3.8) is 0 Å². The first kappa shape index (κ1) is 24.3. The molecule has 0 spiro atoms. The van der Waals surface area contributed by atoms with Gasteiger partial charge in [-0.2, -0.15) is 0 Å². The van der Waals surface area contributed by atoms with E-state index in [2.05, 4.69) is 18.5 Å². The highest BCUT2D eigenvalue weighted by Gasteiger charge is 2.09. The van der Waals surface area contributed by atoms with E-state index in [-0.39, 0.29) is 12.1 Å². The van der Waals surface area contributed by atoms with Crippen LogP contribution in [0.3, 0.4) is 0 Å². The molecule has 0 saturated carbocycles. The average Bonchev–Trinajstić information content (AvgIpc) is 2.42. The molecule has 9 heteroatoms. The normalized spacial score (nSPS) is 15.1. The molecular formula is C14H27NO6P2. The van der Waals surface area contributed by atoms with Gasteiger partial charge in [-0.25, -0.2) is 0 Å². The summed E-state index contributed by atoms with van der Waals surface area (Å²) >= 11 is 0. The lowest BCUT2D eigenvalue weighted by Crippen LogP contribution is -2.21. The third-order valence-electron chi connectivity index (χ3n) is 2.46. The van der Waals surface area contributed by atoms with Gasteiger partial charge in [0, 0.05) is 25.9 Å². The molecule has 0 rings (SSSR count). The topological polar surface area (TPSA) is 121 Å². The van der Waals surface area contributed by atoms with Gasteiger partial charge in [0.1, 0.15) is 0 Å². The molecule has 3 N–H and O–H groups in total. The summed E-state index contributed by atoms with van der Waals surface area (Å²) in [7, 11) is -5.95. The lowest BCUT2D eigenvalue weighted by molar-refractivity contribution is -0.116. The lowest BCUT2D eigenvalue weighted by atomic mass is 10.1. The van der Waals surface area contributed by atoms with E-state index < -0.39 is 20.6 Å². The number of allylic oxidation sites excluding steroid dienone is 1. The summed E-state index contributed by atoms with van der Waals surface area (Å²) in [6.45, 7) is 9.08. The highest BCUT2D eigenvalue weighted by atomic mass is 31.2. The maximum absolute atomic E-state index is 10.8. The van der Waals surface area contributed by atoms with Crippen LogP contribution in [0.1, 0.15) is 25.7 Å². The van der Waals surface area contributed by atoms with Crippen molar-refractivity contribution in [1.82, 2.24) is 5.32 Å². The zero-order valence-corrected chi connectivity index (χ0v) is 15.5. The van der Waals surface area contributed by atoms with Gasteiger partial charge in [0.05, 0.1) is 6.29 Å². The van der Waals surface area contributed by atoms with Crippen molar-refractivity contribution in [3.8, 4) is 0 Å². The van der Waals surface area contributed by atoms with Crippen molar-refractivity contribution in [2.75, 3.05) is 25.8 Å². The highest BCUT2D eigenvalue weighted by Crippen LogP contribution is 2.36. The molecule has 0 bridgehead atoms. The van der Waals surface area contributed by atoms with Crippen LogP contribution in [0.2, 0.25) is 0 Å². The maximum atomic E-state index is 10.8. The Balaban J connectivity index is 0. The van der Waals surface area contributed by atoms with E-state index in [1.54, 1.807) is 0 Å². The fraction of sp³-hybridized carbons (Fsp3) is 0.571. The number of amides is 1. The smallest absolute Gasteiger partial charge is 0.243 e. The number of rotatable bonds is 10. The fourth-order valence-corrected chi connectivity index (χ4v) is 2.54. The van der Waals surface area contributed by atoms with Crippen LogP contribution in [-0.2, 0) is 18.7 Å². The SMILES string of the molecule is C=CC(=O)CCCCCP(C)(=O)O.C=CC(=O)NCP(C)(=O)O. The van der Waals surface area contributed by atoms with Crippen LogP contribution in [0.25, 0.3) is 0 Å². The van der Waals surface area contributed by atoms with Crippen LogP contribution in [0.5, 0.6) is 0 Å². The molecule has 0 fully saturated rings. The van der Waals surface area contributed by atoms with Gasteiger partial charge < -0.3 is 15.1 Å². The van der Waals surface area contributed by atoms with Crippen molar-refractivity contribution < 1.29 is 28.5 Å². The summed E-state index contributed by atoms with van der Waals surface area (Å²) < 4.78 is 21.4. The first-order valence-electron chi connectivity index (χ1n) is 7.05. The first-order valence-corrected chi connectivity index (χ1v) is 11.6. The van der Waals surface area contributed by atoms with E-state index >= 15 is 0 Å². The quantitative estimate of drug-likeness (QED) is 0.310. The summed E-state index contributed by atoms with van der Waals surface area (Å²) in [5, 5.41) is 2.20. The molecule has 0 aliphatic rings. The van der Waals surface area contributed by atoms with Crippen LogP contribution in [0.4, 0.5) is 0 Å². The molecule has 0 aliphatic carbocycles. The Morgan fingerprint density at radius 3 is 1.96 bits per heavy atom. The second kappa shape index (κ2) is 12.4. The summed E-state index contributed by atoms with van der Waals surface area (Å²) in [4.78, 5) is 38.8. The molecule has 0 aliphatic heterocycles. The summed E-state index contributed by atoms with van der Waals surface area (Å²) in [6, 6.07) is 0. The molecule has 0 aromatic rings. The van der Waals surface area contributed by atoms with Crippen molar-refractivity contribution >= 4 is 26.4 Å². The monoisotopic (exact) mass is 367 g/mol. The van der Waals surface area contributed by atoms with Gasteiger partial charge in [-0.15, -0.1) is 0 Å². The number of unbranched alkanes of at least 4 members (excludes halogenated alkanes) is 2. The molecule has 0 aromatic heterocycles. The molecule has 134 valence electrons. The first-order chi connectivity index (χ1) is 10.4. The van der Waals surface area contributed by atoms with Gasteiger partial charge in [-0.1, -0.05) is 19.6 Å². The van der Waals surface area contributed by atoms with Crippen LogP contribution in [0.15, 0.2) is 25.3 Å². The largest absolute Gasteiger partial charge is 0.344 e. The molecule has 1 amide bonds. The summed E-state index contributed by atoms with van der Waals surface area (Å²) in [5.74, 6) is -0.389. The second-order valence-corrected chi connectivity index (χ2v) is 10.2. The van der Waals surface area contributed by atoms with Crippen molar-refractivity contribution in [1.29, 1.82) is 0 Å². The summed E-state index contributed by atoms with van der Waals surface area (Å²) in [6.07, 6.45) is 5.36. The fourth-order valence-electron chi connectivity index (χ4n) is 1.28. The zero-order chi connectivity index (χ0) is 18.5. The number of carbonyl (C=O) groups excluding carboxylic acids is 2. The predicted octanol–water partition coefficient (Wildman–Crippen LogP) is 2.35. The minimum atomic E-state index is -3.11. The van der Waals surface area contributed by atoms with Crippen LogP contribution >= 0.6 is 14.7 Å². The molecule has 0 saturated heterocycles. The van der Waals surface area contributed by atoms with E-state index in [1.807, 2.05) is 0 Å². The highest BCUT2D eigenvalue weighted by molar-refractivity contribution is 7.57. The molecule has 0 radical (unpaired) electrons. The summed E-state index contributed by atoms with van der Waals surface area (Å²) in [5.41, 5.74) is 0. The Morgan fingerprint density at radius 1 is 1.00 bits per heavy atom. The standard InChI is InChI=1S/C9H17O3P.C5H10NO3P/c1-3-9(10)7-5-4-6-8-13(2,11)12;1-3-5(7)6-4-10(2,8)9/h3H,1,4-8H2,2H3,(H,11,12);3H,1,4H2,2H3,(H,6,7)(H,8,9). The Morgan fingerprint density at radius 2 is 1.57 bits per heavy atom. The minimum Gasteiger partial charge on any atom is -0.344 e. The van der Waals surface area contributed by atoms with Crippen molar-refractivity contribution in [2.45, 2.75) is 25.7 Å². The molecule has 2 unspecified atom stereocenters. The number of hydrogen-bond acceptors (Lipinski definition) is 4. The van der Waals surface area contributed by atoms with E-state index in [1.165, 1.54) is 19.4 Å². The Hall–Kier alpha value is -1.00. The molecule has 23 heavy (non-hydrogen) atoms. The van der Waals surface area contributed by atoms with E-state index in [9.17, 15) is 18.7 Å². The number of ketones is 1. The van der Waals surface area contributed by atoms with Gasteiger partial charge in [0.2, 0.25) is 13.3 Å². The van der Waals surface area contributed by atoms with E-state index in [0.717, 1.165) is 18.9 Å². The van der Waals surface area contributed by atoms with Gasteiger partial charge in [0.15, 0.2) is 13.2 Å². The van der Waals surface area contributed by atoms with Crippen LogP contribution in [-0.4, -0.2) is 47.3 Å². The molecule has 0 aromatic carbocycles. The van der Waals surface area contributed by atoms with Gasteiger partial charge in [-0.3, -0.25) is 18.7 Å². The maximum Gasteiger partial charge on any atom is 0.243 e. The average molecular weight is 367 g/mol. The Bertz CT molecular complexity index is 491. The molecule has 7 nitrogen and oxygen atoms in total. The Labute approximate surface area is 137 Å². The van der Waals surface area contributed by atoms with Gasteiger partial charge in [0.25, 0.3) is 0 Å². The van der Waals surface area contributed by atoms with Gasteiger partial charge in [-0.05, 0) is 25.0 Å². The number of carbonyl (C=O) groups is 2. The number of nitrogens with one attached hydrogen (secondary N) is 1. The number of hydrogen-bond donors (Lipinski definition) is 3. The third kappa shape index (κ3) is 23.4. The van der Waals surface area contributed by atoms with Crippen molar-refractivity contribution in [3.05, 3.63) is 25.3 Å². The molecule has 0 heterocycles. The zero-order valence-electron chi connectivity index (χ0n) is 13.7.